The molecule has 0 radical (unpaired) electrons. The summed E-state index contributed by atoms with van der Waals surface area (Å²) in [6, 6.07) is 17.8. The molecule has 0 aliphatic rings. The van der Waals surface area contributed by atoms with Crippen molar-refractivity contribution in [1.29, 1.82) is 0 Å². The Morgan fingerprint density at radius 3 is 2.70 bits per heavy atom. The predicted octanol–water partition coefficient (Wildman–Crippen LogP) is 4.79. The van der Waals surface area contributed by atoms with Crippen LogP contribution >= 0.6 is 22.6 Å². The lowest BCUT2D eigenvalue weighted by Crippen LogP contribution is -2.20. The number of hydrogen-bond donors (Lipinski definition) is 1. The smallest absolute Gasteiger partial charge is 0.273 e. The van der Waals surface area contributed by atoms with E-state index in [4.69, 9.17) is 9.47 Å². The number of aryl methyl sites for hydroxylation is 1. The summed E-state index contributed by atoms with van der Waals surface area (Å²) in [5.74, 6) is 0.708. The Hall–Kier alpha value is -3.47. The Morgan fingerprint density at radius 1 is 1.18 bits per heavy atom. The summed E-state index contributed by atoms with van der Waals surface area (Å²) in [5.41, 5.74) is 5.54. The van der Waals surface area contributed by atoms with Crippen LogP contribution in [0.4, 0.5) is 5.69 Å². The first-order valence-electron chi connectivity index (χ1n) is 9.97. The maximum Gasteiger partial charge on any atom is 0.273 e. The molecule has 3 aromatic rings. The van der Waals surface area contributed by atoms with Crippen LogP contribution in [0.25, 0.3) is 0 Å². The van der Waals surface area contributed by atoms with Crippen molar-refractivity contribution in [2.75, 3.05) is 7.11 Å². The molecule has 0 bridgehead atoms. The number of amides is 1. The molecular weight excluding hydrogens is 537 g/mol. The highest BCUT2D eigenvalue weighted by atomic mass is 127. The highest BCUT2D eigenvalue weighted by Gasteiger charge is 2.15. The van der Waals surface area contributed by atoms with E-state index in [1.54, 1.807) is 31.4 Å². The third-order valence-electron chi connectivity index (χ3n) is 4.66. The molecule has 0 fully saturated rings. The van der Waals surface area contributed by atoms with Crippen LogP contribution in [-0.2, 0) is 17.8 Å². The van der Waals surface area contributed by atoms with Crippen molar-refractivity contribution >= 4 is 40.4 Å². The van der Waals surface area contributed by atoms with Crippen LogP contribution in [0.15, 0.2) is 65.8 Å². The molecule has 0 aliphatic carbocycles. The zero-order chi connectivity index (χ0) is 23.8. The zero-order valence-corrected chi connectivity index (χ0v) is 20.2. The van der Waals surface area contributed by atoms with E-state index in [0.717, 1.165) is 14.7 Å². The fraction of sp³-hybridized carbons (Fsp3) is 0.167. The Labute approximate surface area is 204 Å². The van der Waals surface area contributed by atoms with Crippen LogP contribution in [0.3, 0.4) is 0 Å². The minimum atomic E-state index is -0.511. The molecule has 1 N–H and O–H groups in total. The highest BCUT2D eigenvalue weighted by molar-refractivity contribution is 14.1. The molecule has 0 spiro atoms. The number of halogens is 1. The van der Waals surface area contributed by atoms with Gasteiger partial charge < -0.3 is 9.47 Å². The van der Waals surface area contributed by atoms with Gasteiger partial charge in [-0.2, -0.15) is 5.10 Å². The lowest BCUT2D eigenvalue weighted by atomic mass is 10.1. The van der Waals surface area contributed by atoms with Crippen molar-refractivity contribution in [2.24, 2.45) is 5.10 Å². The van der Waals surface area contributed by atoms with Gasteiger partial charge >= 0.3 is 0 Å². The second-order valence-corrected chi connectivity index (χ2v) is 8.33. The van der Waals surface area contributed by atoms with Gasteiger partial charge in [0.15, 0.2) is 11.5 Å². The van der Waals surface area contributed by atoms with Gasteiger partial charge in [-0.1, -0.05) is 48.0 Å². The van der Waals surface area contributed by atoms with Gasteiger partial charge in [0.05, 0.1) is 28.2 Å². The van der Waals surface area contributed by atoms with Gasteiger partial charge in [-0.3, -0.25) is 14.9 Å². The summed E-state index contributed by atoms with van der Waals surface area (Å²) < 4.78 is 12.3. The standard InChI is InChI=1S/C24H22IN3O5/c1-16-6-5-7-17(10-16)15-33-24-20(25)11-18(12-22(24)32-2)14-26-27-23(29)13-19-8-3-4-9-21(19)28(30)31/h3-12,14H,13,15H2,1-2H3,(H,27,29)/b26-14+. The quantitative estimate of drug-likeness (QED) is 0.176. The lowest BCUT2D eigenvalue weighted by molar-refractivity contribution is -0.385. The highest BCUT2D eigenvalue weighted by Crippen LogP contribution is 2.34. The molecule has 0 atom stereocenters. The van der Waals surface area contributed by atoms with Crippen molar-refractivity contribution in [3.8, 4) is 11.5 Å². The molecule has 0 unspecified atom stereocenters. The predicted molar refractivity (Wildman–Crippen MR) is 134 cm³/mol. The number of para-hydroxylation sites is 1. The minimum Gasteiger partial charge on any atom is -0.493 e. The zero-order valence-electron chi connectivity index (χ0n) is 18.1. The van der Waals surface area contributed by atoms with Crippen molar-refractivity contribution in [2.45, 2.75) is 20.0 Å². The molecule has 0 saturated carbocycles. The molecule has 3 aromatic carbocycles. The van der Waals surface area contributed by atoms with E-state index in [1.807, 2.05) is 31.2 Å². The topological polar surface area (TPSA) is 103 Å². The second kappa shape index (κ2) is 11.4. The average molecular weight is 559 g/mol. The van der Waals surface area contributed by atoms with Crippen LogP contribution < -0.4 is 14.9 Å². The van der Waals surface area contributed by atoms with Gasteiger partial charge in [0.2, 0.25) is 5.91 Å². The van der Waals surface area contributed by atoms with Crippen molar-refractivity contribution < 1.29 is 19.2 Å². The number of ether oxygens (including phenoxy) is 2. The van der Waals surface area contributed by atoms with Gasteiger partial charge in [0.1, 0.15) is 6.61 Å². The molecule has 1 amide bonds. The minimum absolute atomic E-state index is 0.0998. The van der Waals surface area contributed by atoms with Gasteiger partial charge in [0.25, 0.3) is 5.69 Å². The number of benzene rings is 3. The first-order chi connectivity index (χ1) is 15.9. The fourth-order valence-corrected chi connectivity index (χ4v) is 3.92. The lowest BCUT2D eigenvalue weighted by Gasteiger charge is -2.14. The van der Waals surface area contributed by atoms with Crippen molar-refractivity contribution in [3.05, 3.63) is 96.6 Å². The largest absolute Gasteiger partial charge is 0.493 e. The molecule has 9 heteroatoms. The van der Waals surface area contributed by atoms with Crippen molar-refractivity contribution in [3.63, 3.8) is 0 Å². The number of hydrogen-bond acceptors (Lipinski definition) is 6. The molecule has 0 aliphatic heterocycles. The Bertz CT molecular complexity index is 1200. The monoisotopic (exact) mass is 559 g/mol. The molecule has 0 heterocycles. The molecular formula is C24H22IN3O5. The first kappa shape index (κ1) is 24.2. The van der Waals surface area contributed by atoms with Gasteiger partial charge in [-0.15, -0.1) is 0 Å². The third-order valence-corrected chi connectivity index (χ3v) is 5.46. The summed E-state index contributed by atoms with van der Waals surface area (Å²) in [6.07, 6.45) is 1.33. The molecule has 33 heavy (non-hydrogen) atoms. The second-order valence-electron chi connectivity index (χ2n) is 7.17. The fourth-order valence-electron chi connectivity index (χ4n) is 3.14. The molecule has 3 rings (SSSR count). The van der Waals surface area contributed by atoms with E-state index >= 15 is 0 Å². The van der Waals surface area contributed by atoms with E-state index in [0.29, 0.717) is 29.2 Å². The molecule has 0 aromatic heterocycles. The third kappa shape index (κ3) is 6.75. The van der Waals surface area contributed by atoms with E-state index in [-0.39, 0.29) is 12.1 Å². The van der Waals surface area contributed by atoms with Crippen LogP contribution in [0, 0.1) is 20.6 Å². The van der Waals surface area contributed by atoms with E-state index in [1.165, 1.54) is 12.3 Å². The van der Waals surface area contributed by atoms with Crippen LogP contribution in [0.2, 0.25) is 0 Å². The summed E-state index contributed by atoms with van der Waals surface area (Å²) >= 11 is 2.16. The van der Waals surface area contributed by atoms with Gasteiger partial charge in [-0.05, 0) is 52.8 Å². The van der Waals surface area contributed by atoms with Gasteiger partial charge in [0, 0.05) is 11.6 Å². The normalized spacial score (nSPS) is 10.8. The van der Waals surface area contributed by atoms with Crippen LogP contribution in [0.1, 0.15) is 22.3 Å². The van der Waals surface area contributed by atoms with Crippen LogP contribution in [0.5, 0.6) is 11.5 Å². The van der Waals surface area contributed by atoms with E-state index in [2.05, 4.69) is 39.2 Å². The average Bonchev–Trinajstić information content (AvgIpc) is 2.78. The first-order valence-corrected chi connectivity index (χ1v) is 11.1. The SMILES string of the molecule is COc1cc(/C=N/NC(=O)Cc2ccccc2[N+](=O)[O-])cc(I)c1OCc1cccc(C)c1. The Kier molecular flexibility index (Phi) is 8.36. The number of nitro groups is 1. The summed E-state index contributed by atoms with van der Waals surface area (Å²) in [5, 5.41) is 15.1. The van der Waals surface area contributed by atoms with Gasteiger partial charge in [-0.25, -0.2) is 5.43 Å². The van der Waals surface area contributed by atoms with E-state index in [9.17, 15) is 14.9 Å². The number of hydrazone groups is 1. The van der Waals surface area contributed by atoms with Crippen LogP contribution in [-0.4, -0.2) is 24.2 Å². The summed E-state index contributed by atoms with van der Waals surface area (Å²) in [7, 11) is 1.56. The summed E-state index contributed by atoms with van der Waals surface area (Å²) in [4.78, 5) is 22.7. The number of carbonyl (C=O) groups excluding carboxylic acids is 1. The Balaban J connectivity index is 1.65. The number of nitrogens with one attached hydrogen (secondary N) is 1. The number of methoxy groups -OCH3 is 1. The number of carbonyl (C=O) groups is 1. The number of nitrogens with zero attached hydrogens (tertiary/aromatic N) is 2. The number of nitro benzene ring substituents is 1. The van der Waals surface area contributed by atoms with Crippen molar-refractivity contribution in [1.82, 2.24) is 5.43 Å². The molecule has 8 nitrogen and oxygen atoms in total. The Morgan fingerprint density at radius 2 is 1.97 bits per heavy atom. The molecule has 0 saturated heterocycles. The maximum atomic E-state index is 12.2. The maximum absolute atomic E-state index is 12.2. The van der Waals surface area contributed by atoms with E-state index < -0.39 is 10.8 Å². The summed E-state index contributed by atoms with van der Waals surface area (Å²) in [6.45, 7) is 2.44. The molecule has 170 valence electrons. The number of rotatable bonds is 9.